The lowest BCUT2D eigenvalue weighted by Gasteiger charge is -2.09. The Morgan fingerprint density at radius 1 is 1.28 bits per heavy atom. The van der Waals surface area contributed by atoms with Gasteiger partial charge in [-0.05, 0) is 29.8 Å². The largest absolute Gasteiger partial charge is 0.345 e. The SMILES string of the molecule is CN(C)C(=O)C(C#N)=Cc1ccc(Nc2cnc3[nH]ccc3n2)cc1. The lowest BCUT2D eigenvalue weighted by molar-refractivity contribution is -0.124. The topological polar surface area (TPSA) is 97.7 Å². The molecule has 25 heavy (non-hydrogen) atoms. The Hall–Kier alpha value is -3.66. The highest BCUT2D eigenvalue weighted by Crippen LogP contribution is 2.18. The Kier molecular flexibility index (Phi) is 4.44. The summed E-state index contributed by atoms with van der Waals surface area (Å²) in [6.45, 7) is 0. The van der Waals surface area contributed by atoms with Crippen LogP contribution in [-0.4, -0.2) is 39.9 Å². The standard InChI is InChI=1S/C18H16N6O/c1-24(2)18(25)13(10-19)9-12-3-5-14(6-4-12)22-16-11-21-17-15(23-16)7-8-20-17/h3-9,11H,1-2H3,(H,20,21)(H,22,23). The van der Waals surface area contributed by atoms with Gasteiger partial charge in [0.2, 0.25) is 0 Å². The summed E-state index contributed by atoms with van der Waals surface area (Å²) in [4.78, 5) is 25.0. The maximum Gasteiger partial charge on any atom is 0.264 e. The predicted molar refractivity (Wildman–Crippen MR) is 95.9 cm³/mol. The fourth-order valence-corrected chi connectivity index (χ4v) is 2.25. The van der Waals surface area contributed by atoms with Gasteiger partial charge in [-0.1, -0.05) is 12.1 Å². The number of carbonyl (C=O) groups excluding carboxylic acids is 1. The number of benzene rings is 1. The number of fused-ring (bicyclic) bond motifs is 1. The van der Waals surface area contributed by atoms with E-state index in [1.54, 1.807) is 32.6 Å². The predicted octanol–water partition coefficient (Wildman–Crippen LogP) is 2.70. The van der Waals surface area contributed by atoms with E-state index in [1.165, 1.54) is 4.90 Å². The molecule has 2 heterocycles. The Bertz CT molecular complexity index is 979. The fraction of sp³-hybridized carbons (Fsp3) is 0.111. The van der Waals surface area contributed by atoms with Crippen molar-refractivity contribution in [2.24, 2.45) is 0 Å². The number of carbonyl (C=O) groups is 1. The quantitative estimate of drug-likeness (QED) is 0.565. The van der Waals surface area contributed by atoms with Crippen LogP contribution in [0.4, 0.5) is 11.5 Å². The van der Waals surface area contributed by atoms with E-state index in [0.29, 0.717) is 5.82 Å². The highest BCUT2D eigenvalue weighted by Gasteiger charge is 2.10. The molecule has 0 unspecified atom stereocenters. The van der Waals surface area contributed by atoms with Crippen molar-refractivity contribution in [3.05, 3.63) is 53.9 Å². The highest BCUT2D eigenvalue weighted by atomic mass is 16.2. The first-order chi connectivity index (χ1) is 12.1. The summed E-state index contributed by atoms with van der Waals surface area (Å²) in [5.41, 5.74) is 3.21. The number of hydrogen-bond acceptors (Lipinski definition) is 5. The number of nitriles is 1. The molecular weight excluding hydrogens is 316 g/mol. The zero-order chi connectivity index (χ0) is 17.8. The molecule has 0 aliphatic rings. The van der Waals surface area contributed by atoms with Gasteiger partial charge in [-0.3, -0.25) is 4.79 Å². The fourth-order valence-electron chi connectivity index (χ4n) is 2.25. The number of nitrogens with zero attached hydrogens (tertiary/aromatic N) is 4. The monoisotopic (exact) mass is 332 g/mol. The van der Waals surface area contributed by atoms with Crippen LogP contribution in [0.2, 0.25) is 0 Å². The molecule has 0 fully saturated rings. The van der Waals surface area contributed by atoms with Gasteiger partial charge < -0.3 is 15.2 Å². The number of aromatic amines is 1. The van der Waals surface area contributed by atoms with Gasteiger partial charge in [0.05, 0.1) is 6.20 Å². The molecule has 124 valence electrons. The minimum absolute atomic E-state index is 0.0921. The van der Waals surface area contributed by atoms with Crippen LogP contribution in [0.15, 0.2) is 48.3 Å². The van der Waals surface area contributed by atoms with Crippen LogP contribution >= 0.6 is 0 Å². The molecule has 0 atom stereocenters. The Labute approximate surface area is 144 Å². The third-order valence-electron chi connectivity index (χ3n) is 3.51. The second kappa shape index (κ2) is 6.84. The molecule has 7 heteroatoms. The van der Waals surface area contributed by atoms with Crippen molar-refractivity contribution in [3.63, 3.8) is 0 Å². The first-order valence-corrected chi connectivity index (χ1v) is 7.57. The number of nitrogens with one attached hydrogen (secondary N) is 2. The summed E-state index contributed by atoms with van der Waals surface area (Å²) in [6, 6.07) is 11.1. The summed E-state index contributed by atoms with van der Waals surface area (Å²) >= 11 is 0. The van der Waals surface area contributed by atoms with Crippen LogP contribution in [0.1, 0.15) is 5.56 Å². The molecule has 3 rings (SSSR count). The van der Waals surface area contributed by atoms with Crippen LogP contribution in [0.25, 0.3) is 17.2 Å². The second-order valence-corrected chi connectivity index (χ2v) is 5.58. The smallest absolute Gasteiger partial charge is 0.264 e. The maximum atomic E-state index is 11.9. The van der Waals surface area contributed by atoms with E-state index in [4.69, 9.17) is 5.26 Å². The third-order valence-corrected chi connectivity index (χ3v) is 3.51. The van der Waals surface area contributed by atoms with Gasteiger partial charge in [-0.25, -0.2) is 9.97 Å². The highest BCUT2D eigenvalue weighted by molar-refractivity contribution is 6.01. The minimum atomic E-state index is -0.320. The summed E-state index contributed by atoms with van der Waals surface area (Å²) in [7, 11) is 3.23. The van der Waals surface area contributed by atoms with E-state index in [2.05, 4.69) is 20.3 Å². The van der Waals surface area contributed by atoms with Crippen molar-refractivity contribution in [3.8, 4) is 6.07 Å². The summed E-state index contributed by atoms with van der Waals surface area (Å²) in [5, 5.41) is 12.3. The number of hydrogen-bond donors (Lipinski definition) is 2. The molecule has 0 radical (unpaired) electrons. The van der Waals surface area contributed by atoms with Gasteiger partial charge >= 0.3 is 0 Å². The molecule has 2 aromatic heterocycles. The Morgan fingerprint density at radius 2 is 2.04 bits per heavy atom. The molecule has 0 bridgehead atoms. The van der Waals surface area contributed by atoms with Gasteiger partial charge in [-0.15, -0.1) is 0 Å². The van der Waals surface area contributed by atoms with Crippen molar-refractivity contribution in [2.45, 2.75) is 0 Å². The number of H-pyrrole nitrogens is 1. The van der Waals surface area contributed by atoms with Crippen LogP contribution < -0.4 is 5.32 Å². The zero-order valence-corrected chi connectivity index (χ0v) is 13.8. The zero-order valence-electron chi connectivity index (χ0n) is 13.8. The maximum absolute atomic E-state index is 11.9. The normalized spacial score (nSPS) is 11.2. The summed E-state index contributed by atoms with van der Waals surface area (Å²) < 4.78 is 0. The molecule has 3 aromatic rings. The van der Waals surface area contributed by atoms with Gasteiger partial charge in [-0.2, -0.15) is 5.26 Å². The molecule has 0 spiro atoms. The van der Waals surface area contributed by atoms with Crippen molar-refractivity contribution >= 4 is 34.7 Å². The van der Waals surface area contributed by atoms with Crippen LogP contribution in [0, 0.1) is 11.3 Å². The van der Waals surface area contributed by atoms with Crippen LogP contribution in [-0.2, 0) is 4.79 Å². The number of likely N-dealkylation sites (N-methyl/N-ethyl adjacent to an activating group) is 1. The van der Waals surface area contributed by atoms with E-state index in [-0.39, 0.29) is 11.5 Å². The third kappa shape index (κ3) is 3.64. The van der Waals surface area contributed by atoms with E-state index in [9.17, 15) is 4.79 Å². The van der Waals surface area contributed by atoms with Crippen molar-refractivity contribution in [1.82, 2.24) is 19.9 Å². The first kappa shape index (κ1) is 16.2. The van der Waals surface area contributed by atoms with Gasteiger partial charge in [0, 0.05) is 26.0 Å². The van der Waals surface area contributed by atoms with E-state index in [1.807, 2.05) is 36.4 Å². The number of aromatic nitrogens is 3. The van der Waals surface area contributed by atoms with Crippen LogP contribution in [0.3, 0.4) is 0 Å². The molecule has 1 amide bonds. The number of anilines is 2. The van der Waals surface area contributed by atoms with Crippen molar-refractivity contribution in [1.29, 1.82) is 5.26 Å². The average Bonchev–Trinajstić information content (AvgIpc) is 3.08. The van der Waals surface area contributed by atoms with Gasteiger partial charge in [0.25, 0.3) is 5.91 Å². The average molecular weight is 332 g/mol. The van der Waals surface area contributed by atoms with Crippen molar-refractivity contribution in [2.75, 3.05) is 19.4 Å². The molecule has 0 saturated carbocycles. The number of rotatable bonds is 4. The molecular formula is C18H16N6O. The van der Waals surface area contributed by atoms with Gasteiger partial charge in [0.1, 0.15) is 23.0 Å². The summed E-state index contributed by atoms with van der Waals surface area (Å²) in [6.07, 6.45) is 5.01. The minimum Gasteiger partial charge on any atom is -0.345 e. The molecule has 0 aliphatic carbocycles. The van der Waals surface area contributed by atoms with E-state index >= 15 is 0 Å². The molecule has 2 N–H and O–H groups in total. The van der Waals surface area contributed by atoms with Crippen molar-refractivity contribution < 1.29 is 4.79 Å². The molecule has 1 aromatic carbocycles. The Balaban J connectivity index is 1.77. The van der Waals surface area contributed by atoms with Gasteiger partial charge in [0.15, 0.2) is 5.65 Å². The molecule has 0 aliphatic heterocycles. The first-order valence-electron chi connectivity index (χ1n) is 7.57. The number of amides is 1. The summed E-state index contributed by atoms with van der Waals surface area (Å²) in [5.74, 6) is 0.315. The Morgan fingerprint density at radius 3 is 2.72 bits per heavy atom. The lowest BCUT2D eigenvalue weighted by Crippen LogP contribution is -2.22. The van der Waals surface area contributed by atoms with E-state index in [0.717, 1.165) is 22.4 Å². The van der Waals surface area contributed by atoms with E-state index < -0.39 is 0 Å². The molecule has 7 nitrogen and oxygen atoms in total. The lowest BCUT2D eigenvalue weighted by atomic mass is 10.1. The van der Waals surface area contributed by atoms with Crippen LogP contribution in [0.5, 0.6) is 0 Å². The molecule has 0 saturated heterocycles. The second-order valence-electron chi connectivity index (χ2n) is 5.58.